The van der Waals surface area contributed by atoms with Crippen LogP contribution in [0, 0.1) is 13.8 Å². The van der Waals surface area contributed by atoms with Crippen LogP contribution in [0.3, 0.4) is 0 Å². The van der Waals surface area contributed by atoms with Crippen molar-refractivity contribution in [3.05, 3.63) is 108 Å². The molecular weight excluding hydrogens is 910 g/mol. The van der Waals surface area contributed by atoms with Gasteiger partial charge in [0.1, 0.15) is 19.6 Å². The zero-order valence-corrected chi connectivity index (χ0v) is 41.0. The van der Waals surface area contributed by atoms with Gasteiger partial charge in [-0.2, -0.15) is 54.1 Å². The molecule has 26 heteroatoms. The van der Waals surface area contributed by atoms with E-state index in [2.05, 4.69) is 31.1 Å². The van der Waals surface area contributed by atoms with Crippen molar-refractivity contribution >= 4 is 102 Å². The third-order valence-corrected chi connectivity index (χ3v) is 12.0. The maximum Gasteiger partial charge on any atom is 1.00 e. The maximum absolute atomic E-state index is 12.9. The van der Waals surface area contributed by atoms with Gasteiger partial charge in [-0.15, -0.1) is 0 Å². The number of nitrogens with one attached hydrogen (secondary N) is 2. The van der Waals surface area contributed by atoms with Gasteiger partial charge in [-0.1, -0.05) is 24.3 Å². The number of benzene rings is 6. The van der Waals surface area contributed by atoms with Crippen LogP contribution >= 0.6 is 0 Å². The first-order valence-electron chi connectivity index (χ1n) is 16.2. The molecule has 0 spiro atoms. The van der Waals surface area contributed by atoms with E-state index in [0.717, 1.165) is 24.3 Å². The Hall–Kier alpha value is -2.82. The van der Waals surface area contributed by atoms with E-state index in [-0.39, 0.29) is 144 Å². The number of amides is 2. The van der Waals surface area contributed by atoms with Gasteiger partial charge in [0.25, 0.3) is 40.5 Å². The van der Waals surface area contributed by atoms with Crippen molar-refractivity contribution in [3.63, 3.8) is 0 Å². The van der Waals surface area contributed by atoms with Gasteiger partial charge in [-0.3, -0.25) is 18.2 Å². The Kier molecular flexibility index (Phi) is 17.5. The van der Waals surface area contributed by atoms with Gasteiger partial charge in [0.05, 0.1) is 22.7 Å². The number of carbonyl (C=O) groups excluding carboxylic acids is 1. The predicted octanol–water partition coefficient (Wildman–Crippen LogP) is -0.917. The minimum absolute atomic E-state index is 0. The standard InChI is InChI=1S/C35H28N6O13S4.K.Li.Na/c1-19-13-21(9-11-29(19)40-38-23-15-27-25(33(17-23)57(49,50)51)5-3-7-31(27)55(43,44)45)36-35(42)37-22-10-12-30(20(2)14-22)41-39-24-16-28-26(34(18-24)58(52,53)54)6-4-8-32(28)56(46,47)48;;;/h3-18H,1-2H3,(H2,36,37,42)(H,43,44,45)(H,46,47,48)(H,49,50,51)(H,52,53,54);;;/q;3*+1. The maximum atomic E-state index is 12.9. The molecule has 0 aliphatic rings. The van der Waals surface area contributed by atoms with Gasteiger partial charge in [0.2, 0.25) is 0 Å². The zero-order valence-electron chi connectivity index (χ0n) is 32.6. The van der Waals surface area contributed by atoms with Crippen LogP contribution in [-0.2, 0) is 40.5 Å². The van der Waals surface area contributed by atoms with Crippen molar-refractivity contribution in [3.8, 4) is 0 Å². The number of nitrogens with zero attached hydrogens (tertiary/aromatic N) is 4. The van der Waals surface area contributed by atoms with E-state index in [4.69, 9.17) is 0 Å². The first-order chi connectivity index (χ1) is 27.0. The summed E-state index contributed by atoms with van der Waals surface area (Å²) in [5, 5.41) is 20.7. The van der Waals surface area contributed by atoms with Gasteiger partial charge in [-0.25, -0.2) is 4.79 Å². The molecule has 0 aliphatic carbocycles. The molecule has 0 saturated carbocycles. The SMILES string of the molecule is Cc1cc(NC(=O)Nc2ccc(N=Nc3cc(S(=O)(=O)O)c4cccc(S(=O)(=O)O)c4c3)c(C)c2)ccc1N=Nc1cc(S(=O)(=O)O)c2cccc(S(=O)(=O)O)c2c1.[K+].[Li+].[Na+]. The second-order valence-electron chi connectivity index (χ2n) is 12.5. The number of fused-ring (bicyclic) bond motifs is 2. The van der Waals surface area contributed by atoms with Gasteiger partial charge in [0.15, 0.2) is 0 Å². The van der Waals surface area contributed by atoms with E-state index in [0.29, 0.717) is 22.5 Å². The van der Waals surface area contributed by atoms with Crippen molar-refractivity contribution < 1.29 is 156 Å². The summed E-state index contributed by atoms with van der Waals surface area (Å²) < 4.78 is 135. The summed E-state index contributed by atoms with van der Waals surface area (Å²) in [4.78, 5) is 10.3. The monoisotopic (exact) mass is 937 g/mol. The minimum atomic E-state index is -4.86. The largest absolute Gasteiger partial charge is 1.00 e. The molecule has 6 rings (SSSR count). The molecule has 6 aromatic rings. The van der Waals surface area contributed by atoms with Crippen LogP contribution in [0.4, 0.5) is 38.9 Å². The van der Waals surface area contributed by atoms with Gasteiger partial charge >= 0.3 is 106 Å². The quantitative estimate of drug-likeness (QED) is 0.0551. The second kappa shape index (κ2) is 20.3. The molecule has 0 fully saturated rings. The van der Waals surface area contributed by atoms with Crippen molar-refractivity contribution in [1.82, 2.24) is 0 Å². The van der Waals surface area contributed by atoms with Gasteiger partial charge in [0, 0.05) is 32.9 Å². The van der Waals surface area contributed by atoms with Crippen LogP contribution in [0.5, 0.6) is 0 Å². The average Bonchev–Trinajstić information content (AvgIpc) is 3.11. The smallest absolute Gasteiger partial charge is 0.308 e. The van der Waals surface area contributed by atoms with Crippen LogP contribution in [0.2, 0.25) is 0 Å². The summed E-state index contributed by atoms with van der Waals surface area (Å²) in [7, 11) is -19.3. The van der Waals surface area contributed by atoms with E-state index >= 15 is 0 Å². The molecule has 6 aromatic carbocycles. The van der Waals surface area contributed by atoms with Crippen LogP contribution in [0.1, 0.15) is 11.1 Å². The Balaban J connectivity index is 0.00000331. The molecule has 0 aliphatic heterocycles. The summed E-state index contributed by atoms with van der Waals surface area (Å²) in [5.74, 6) is 0. The molecule has 0 bridgehead atoms. The van der Waals surface area contributed by atoms with Crippen molar-refractivity contribution in [2.75, 3.05) is 10.6 Å². The fourth-order valence-electron chi connectivity index (χ4n) is 5.82. The molecular formula is C35H28KLiN6NaO13S4+3. The average molecular weight is 938 g/mol. The first kappa shape index (κ1) is 52.5. The van der Waals surface area contributed by atoms with E-state index in [1.807, 2.05) is 0 Å². The molecule has 0 unspecified atom stereocenters. The van der Waals surface area contributed by atoms with Crippen LogP contribution < -0.4 is 110 Å². The predicted molar refractivity (Wildman–Crippen MR) is 211 cm³/mol. The molecule has 0 atom stereocenters. The molecule has 0 aromatic heterocycles. The molecule has 6 N–H and O–H groups in total. The second-order valence-corrected chi connectivity index (χ2v) is 18.0. The number of anilines is 2. The Labute approximate surface area is 425 Å². The van der Waals surface area contributed by atoms with Crippen LogP contribution in [-0.4, -0.2) is 57.9 Å². The minimum Gasteiger partial charge on any atom is -0.308 e. The summed E-state index contributed by atoms with van der Waals surface area (Å²) in [6.07, 6.45) is 0. The number of aryl methyl sites for hydroxylation is 2. The molecule has 0 radical (unpaired) electrons. The molecule has 2 amide bonds. The van der Waals surface area contributed by atoms with Gasteiger partial charge in [-0.05, 0) is 97.8 Å². The fourth-order valence-corrected chi connectivity index (χ4v) is 8.66. The van der Waals surface area contributed by atoms with Gasteiger partial charge < -0.3 is 10.6 Å². The van der Waals surface area contributed by atoms with Crippen LogP contribution in [0.25, 0.3) is 21.5 Å². The number of hydrogen-bond acceptors (Lipinski definition) is 13. The van der Waals surface area contributed by atoms with Crippen LogP contribution in [0.15, 0.2) is 137 Å². The Bertz CT molecular complexity index is 3040. The van der Waals surface area contributed by atoms with E-state index in [9.17, 15) is 56.7 Å². The topological polar surface area (TPSA) is 308 Å². The Morgan fingerprint density at radius 1 is 0.475 bits per heavy atom. The molecule has 0 heterocycles. The Morgan fingerprint density at radius 3 is 1.13 bits per heavy atom. The number of azo groups is 2. The third kappa shape index (κ3) is 12.7. The van der Waals surface area contributed by atoms with E-state index < -0.39 is 66.1 Å². The zero-order chi connectivity index (χ0) is 42.4. The first-order valence-corrected chi connectivity index (χ1v) is 21.9. The summed E-state index contributed by atoms with van der Waals surface area (Å²) in [6.45, 7) is 3.28. The molecule has 0 saturated heterocycles. The third-order valence-electron chi connectivity index (χ3n) is 8.37. The van der Waals surface area contributed by atoms with Crippen molar-refractivity contribution in [2.45, 2.75) is 33.4 Å². The molecule has 61 heavy (non-hydrogen) atoms. The van der Waals surface area contributed by atoms with E-state index in [1.54, 1.807) is 26.0 Å². The van der Waals surface area contributed by atoms with Crippen molar-refractivity contribution in [1.29, 1.82) is 0 Å². The summed E-state index contributed by atoms with van der Waals surface area (Å²) in [6, 6.07) is 19.8. The van der Waals surface area contributed by atoms with Crippen molar-refractivity contribution in [2.24, 2.45) is 20.5 Å². The summed E-state index contributed by atoms with van der Waals surface area (Å²) >= 11 is 0. The number of urea groups is 1. The number of carbonyl (C=O) groups is 1. The number of rotatable bonds is 10. The summed E-state index contributed by atoms with van der Waals surface area (Å²) in [5.41, 5.74) is 1.93. The molecule has 19 nitrogen and oxygen atoms in total. The number of hydrogen-bond donors (Lipinski definition) is 6. The Morgan fingerprint density at radius 2 is 0.820 bits per heavy atom. The fraction of sp³-hybridized carbons (Fsp3) is 0.0571. The normalized spacial score (nSPS) is 12.2. The molecule has 300 valence electrons. The van der Waals surface area contributed by atoms with E-state index in [1.165, 1.54) is 60.7 Å².